The van der Waals surface area contributed by atoms with Crippen molar-refractivity contribution in [2.75, 3.05) is 0 Å². The van der Waals surface area contributed by atoms with Crippen LogP contribution in [-0.4, -0.2) is 0 Å². The van der Waals surface area contributed by atoms with Crippen molar-refractivity contribution in [2.24, 2.45) is 0 Å². The van der Waals surface area contributed by atoms with Gasteiger partial charge in [0.1, 0.15) is 0 Å². The molecule has 0 radical (unpaired) electrons. The predicted octanol–water partition coefficient (Wildman–Crippen LogP) is 10.2. The molecule has 35 heavy (non-hydrogen) atoms. The zero-order valence-corrected chi connectivity index (χ0v) is 28.4. The van der Waals surface area contributed by atoms with Crippen LogP contribution in [0.2, 0.25) is 0 Å². The van der Waals surface area contributed by atoms with Crippen molar-refractivity contribution in [1.82, 2.24) is 0 Å². The molecule has 2 nitrogen and oxygen atoms in total. The molecule has 0 fully saturated rings. The van der Waals surface area contributed by atoms with Gasteiger partial charge in [-0.05, 0) is 0 Å². The number of benzene rings is 2. The van der Waals surface area contributed by atoms with Gasteiger partial charge in [-0.1, -0.05) is 0 Å². The average molecular weight is 601 g/mol. The maximum atomic E-state index is 7.10. The molecule has 0 saturated heterocycles. The minimum absolute atomic E-state index is 0.145. The number of hydrogen-bond acceptors (Lipinski definition) is 2. The van der Waals surface area contributed by atoms with Gasteiger partial charge in [-0.15, -0.1) is 0 Å². The molecule has 0 N–H and O–H groups in total. The van der Waals surface area contributed by atoms with Gasteiger partial charge in [0.05, 0.1) is 0 Å². The molecule has 0 unspecified atom stereocenters. The fourth-order valence-corrected chi connectivity index (χ4v) is 8.43. The molecule has 0 aliphatic rings. The Labute approximate surface area is 227 Å². The van der Waals surface area contributed by atoms with Gasteiger partial charge in [-0.2, -0.15) is 0 Å². The van der Waals surface area contributed by atoms with E-state index in [1.807, 2.05) is 0 Å². The Hall–Kier alpha value is -0.497. The number of hydrogen-bond donors (Lipinski definition) is 0. The standard InChI is InChI=1S/2C15H24O.2ClH.Zr/c2*1-10-8-11(14(2,3)4)13(16)12(9-10)15(5,6)7;;;/h2*8-9,16H,1-7H3;2*1H;/q;;;;+4/p-4. The molecule has 0 spiro atoms. The van der Waals surface area contributed by atoms with Gasteiger partial charge in [0.2, 0.25) is 0 Å². The van der Waals surface area contributed by atoms with Gasteiger partial charge < -0.3 is 0 Å². The van der Waals surface area contributed by atoms with Crippen molar-refractivity contribution in [3.8, 4) is 11.5 Å². The Bertz CT molecular complexity index is 920. The molecule has 196 valence electrons. The number of aryl methyl sites for hydroxylation is 2. The summed E-state index contributed by atoms with van der Waals surface area (Å²) in [6, 6.07) is 8.75. The summed E-state index contributed by atoms with van der Waals surface area (Å²) in [5.74, 6) is 1.55. The van der Waals surface area contributed by atoms with E-state index in [9.17, 15) is 0 Å². The number of halogens is 2. The summed E-state index contributed by atoms with van der Waals surface area (Å²) in [7, 11) is 14.2. The van der Waals surface area contributed by atoms with Crippen LogP contribution in [0.3, 0.4) is 0 Å². The van der Waals surface area contributed by atoms with E-state index >= 15 is 0 Å². The molecule has 0 atom stereocenters. The third-order valence-electron chi connectivity index (χ3n) is 6.14. The van der Waals surface area contributed by atoms with Crippen LogP contribution in [0, 0.1) is 13.8 Å². The van der Waals surface area contributed by atoms with E-state index in [1.54, 1.807) is 0 Å². The van der Waals surface area contributed by atoms with Crippen molar-refractivity contribution in [1.29, 1.82) is 0 Å². The SMILES string of the molecule is Cc1cc(C(C)(C)C)c([O][Zr]([Cl])([Cl])[O]c2c(C(C)(C)C)cc(C)cc2C(C)(C)C)c(C(C)(C)C)c1. The van der Waals surface area contributed by atoms with Crippen molar-refractivity contribution in [3.05, 3.63) is 57.6 Å². The Kier molecular flexibility index (Phi) is 8.78. The molecule has 2 aromatic rings. The molecule has 0 saturated carbocycles. The summed E-state index contributed by atoms with van der Waals surface area (Å²) in [5.41, 5.74) is 6.22. The molecule has 0 aliphatic carbocycles. The second-order valence-corrected chi connectivity index (χ2v) is 24.4. The molecular weight excluding hydrogens is 554 g/mol. The van der Waals surface area contributed by atoms with E-state index in [1.165, 1.54) is 11.1 Å². The molecule has 0 aliphatic heterocycles. The molecule has 0 bridgehead atoms. The predicted molar refractivity (Wildman–Crippen MR) is 150 cm³/mol. The van der Waals surface area contributed by atoms with Gasteiger partial charge >= 0.3 is 229 Å². The quantitative estimate of drug-likeness (QED) is 0.348. The molecule has 0 heterocycles. The fourth-order valence-electron chi connectivity index (χ4n) is 4.25. The van der Waals surface area contributed by atoms with Crippen LogP contribution in [0.5, 0.6) is 11.5 Å². The zero-order valence-electron chi connectivity index (χ0n) is 24.4. The monoisotopic (exact) mass is 598 g/mol. The molecule has 0 amide bonds. The molecule has 2 aromatic carbocycles. The van der Waals surface area contributed by atoms with Crippen LogP contribution in [0.4, 0.5) is 0 Å². The Morgan fingerprint density at radius 2 is 0.686 bits per heavy atom. The second-order valence-electron chi connectivity index (χ2n) is 14.0. The van der Waals surface area contributed by atoms with E-state index in [-0.39, 0.29) is 21.7 Å². The van der Waals surface area contributed by atoms with Gasteiger partial charge in [0.15, 0.2) is 0 Å². The van der Waals surface area contributed by atoms with Crippen LogP contribution in [0.1, 0.15) is 116 Å². The van der Waals surface area contributed by atoms with Crippen LogP contribution in [0.25, 0.3) is 0 Å². The van der Waals surface area contributed by atoms with Crippen LogP contribution in [-0.2, 0) is 40.4 Å². The van der Waals surface area contributed by atoms with Crippen LogP contribution < -0.4 is 5.63 Å². The Balaban J connectivity index is 2.75. The van der Waals surface area contributed by atoms with Gasteiger partial charge in [-0.25, -0.2) is 0 Å². The van der Waals surface area contributed by atoms with Gasteiger partial charge in [-0.3, -0.25) is 0 Å². The summed E-state index contributed by atoms with van der Waals surface area (Å²) < 4.78 is 13.3. The summed E-state index contributed by atoms with van der Waals surface area (Å²) in [6.45, 7) is 30.5. The summed E-state index contributed by atoms with van der Waals surface area (Å²) in [6.07, 6.45) is 0. The molecule has 2 rings (SSSR count). The Morgan fingerprint density at radius 1 is 0.486 bits per heavy atom. The van der Waals surface area contributed by atoms with Crippen LogP contribution in [0.15, 0.2) is 24.3 Å². The van der Waals surface area contributed by atoms with Gasteiger partial charge in [0, 0.05) is 0 Å². The van der Waals surface area contributed by atoms with Gasteiger partial charge in [0.25, 0.3) is 0 Å². The van der Waals surface area contributed by atoms with Crippen molar-refractivity contribution < 1.29 is 24.4 Å². The van der Waals surface area contributed by atoms with Crippen LogP contribution >= 0.6 is 17.0 Å². The number of rotatable bonds is 4. The molecular formula is C30H46Cl2O2Zr. The average Bonchev–Trinajstić information content (AvgIpc) is 2.60. The Morgan fingerprint density at radius 3 is 0.857 bits per heavy atom. The van der Waals surface area contributed by atoms with Crippen molar-refractivity contribution >= 4 is 17.0 Å². The fraction of sp³-hybridized carbons (Fsp3) is 0.600. The third kappa shape index (κ3) is 7.75. The third-order valence-corrected chi connectivity index (χ3v) is 10.1. The first-order valence-electron chi connectivity index (χ1n) is 12.5. The minimum atomic E-state index is -4.63. The maximum absolute atomic E-state index is 7.10. The first kappa shape index (κ1) is 30.7. The summed E-state index contributed by atoms with van der Waals surface area (Å²) >= 11 is -4.63. The summed E-state index contributed by atoms with van der Waals surface area (Å²) in [4.78, 5) is 0. The normalized spacial score (nSPS) is 13.7. The van der Waals surface area contributed by atoms with E-state index < -0.39 is 18.8 Å². The van der Waals surface area contributed by atoms with Crippen molar-refractivity contribution in [2.45, 2.75) is 119 Å². The first-order valence-corrected chi connectivity index (χ1v) is 20.8. The van der Waals surface area contributed by atoms with E-state index in [0.29, 0.717) is 0 Å². The van der Waals surface area contributed by atoms with E-state index in [2.05, 4.69) is 121 Å². The second kappa shape index (κ2) is 10.00. The topological polar surface area (TPSA) is 18.5 Å². The van der Waals surface area contributed by atoms with E-state index in [4.69, 9.17) is 22.7 Å². The molecule has 5 heteroatoms. The molecule has 0 aromatic heterocycles. The summed E-state index contributed by atoms with van der Waals surface area (Å²) in [5, 5.41) is 0. The van der Waals surface area contributed by atoms with Crippen molar-refractivity contribution in [3.63, 3.8) is 0 Å². The van der Waals surface area contributed by atoms with E-state index in [0.717, 1.165) is 33.8 Å². The first-order chi connectivity index (χ1) is 15.4. The zero-order chi connectivity index (χ0) is 27.4.